The Hall–Kier alpha value is -4.31. The van der Waals surface area contributed by atoms with Gasteiger partial charge in [0.25, 0.3) is 11.5 Å². The van der Waals surface area contributed by atoms with Gasteiger partial charge in [-0.1, -0.05) is 0 Å². The van der Waals surface area contributed by atoms with Crippen molar-refractivity contribution < 1.29 is 9.90 Å². The predicted molar refractivity (Wildman–Crippen MR) is 126 cm³/mol. The maximum absolute atomic E-state index is 13.1. The van der Waals surface area contributed by atoms with Crippen LogP contribution in [-0.4, -0.2) is 43.7 Å². The number of hydrogen-bond acceptors (Lipinski definition) is 8. The molecule has 1 amide bonds. The molecule has 33 heavy (non-hydrogen) atoms. The molecule has 0 saturated heterocycles. The third-order valence-electron chi connectivity index (χ3n) is 4.93. The molecule has 0 spiro atoms. The summed E-state index contributed by atoms with van der Waals surface area (Å²) in [6.45, 7) is 2.49. The molecule has 0 saturated carbocycles. The first-order chi connectivity index (χ1) is 16.1. The van der Waals surface area contributed by atoms with E-state index in [0.29, 0.717) is 46.0 Å². The number of anilines is 4. The van der Waals surface area contributed by atoms with Crippen LogP contribution in [0, 0.1) is 0 Å². The SMILES string of the molecule is CCn1ccc2cc(Nc3cnccn3)nc(Nc3ccc(C(=O)NCCO)cc3)c2c1=O. The Balaban J connectivity index is 1.71. The minimum Gasteiger partial charge on any atom is -0.395 e. The molecule has 10 heteroatoms. The van der Waals surface area contributed by atoms with Crippen LogP contribution in [-0.2, 0) is 6.54 Å². The molecule has 0 aliphatic heterocycles. The van der Waals surface area contributed by atoms with Gasteiger partial charge in [-0.2, -0.15) is 0 Å². The van der Waals surface area contributed by atoms with Gasteiger partial charge in [0.2, 0.25) is 0 Å². The normalized spacial score (nSPS) is 10.7. The summed E-state index contributed by atoms with van der Waals surface area (Å²) in [5, 5.41) is 18.9. The van der Waals surface area contributed by atoms with E-state index in [2.05, 4.69) is 30.9 Å². The third kappa shape index (κ3) is 4.96. The number of aryl methyl sites for hydroxylation is 1. The van der Waals surface area contributed by atoms with Gasteiger partial charge in [0, 0.05) is 42.9 Å². The maximum atomic E-state index is 13.1. The standard InChI is InChI=1S/C23H23N7O3/c1-2-30-11-7-16-13-18(28-19-14-24-8-9-25-19)29-21(20(16)23(30)33)27-17-5-3-15(4-6-17)22(32)26-10-12-31/h3-9,11,13-14,31H,2,10,12H2,1H3,(H,26,32)(H2,25,27,28,29). The Morgan fingerprint density at radius 2 is 1.91 bits per heavy atom. The summed E-state index contributed by atoms with van der Waals surface area (Å²) in [5.41, 5.74) is 0.958. The Kier molecular flexibility index (Phi) is 6.56. The fourth-order valence-electron chi connectivity index (χ4n) is 3.31. The molecular weight excluding hydrogens is 422 g/mol. The van der Waals surface area contributed by atoms with Crippen molar-refractivity contribution >= 4 is 39.8 Å². The lowest BCUT2D eigenvalue weighted by Crippen LogP contribution is -2.26. The van der Waals surface area contributed by atoms with Crippen molar-refractivity contribution in [2.75, 3.05) is 23.8 Å². The zero-order valence-corrected chi connectivity index (χ0v) is 17.9. The van der Waals surface area contributed by atoms with Crippen molar-refractivity contribution in [1.82, 2.24) is 24.8 Å². The number of hydrogen-bond donors (Lipinski definition) is 4. The lowest BCUT2D eigenvalue weighted by Gasteiger charge is -2.14. The first-order valence-corrected chi connectivity index (χ1v) is 10.4. The summed E-state index contributed by atoms with van der Waals surface area (Å²) >= 11 is 0. The number of carbonyl (C=O) groups excluding carboxylic acids is 1. The van der Waals surface area contributed by atoms with Crippen LogP contribution < -0.4 is 21.5 Å². The van der Waals surface area contributed by atoms with E-state index in [1.807, 2.05) is 13.0 Å². The van der Waals surface area contributed by atoms with Crippen LogP contribution in [0.25, 0.3) is 10.8 Å². The molecule has 3 aromatic heterocycles. The number of pyridine rings is 2. The van der Waals surface area contributed by atoms with E-state index in [4.69, 9.17) is 5.11 Å². The second kappa shape index (κ2) is 9.88. The molecule has 4 rings (SSSR count). The van der Waals surface area contributed by atoms with Gasteiger partial charge in [0.1, 0.15) is 17.5 Å². The predicted octanol–water partition coefficient (Wildman–Crippen LogP) is 2.42. The monoisotopic (exact) mass is 445 g/mol. The number of benzene rings is 1. The van der Waals surface area contributed by atoms with Crippen molar-refractivity contribution in [3.63, 3.8) is 0 Å². The van der Waals surface area contributed by atoms with Crippen LogP contribution in [0.4, 0.5) is 23.1 Å². The van der Waals surface area contributed by atoms with E-state index in [0.717, 1.165) is 0 Å². The molecule has 0 aliphatic carbocycles. The quantitative estimate of drug-likeness (QED) is 0.325. The van der Waals surface area contributed by atoms with Gasteiger partial charge in [-0.15, -0.1) is 0 Å². The fourth-order valence-corrected chi connectivity index (χ4v) is 3.31. The van der Waals surface area contributed by atoms with Crippen LogP contribution in [0.2, 0.25) is 0 Å². The highest BCUT2D eigenvalue weighted by Crippen LogP contribution is 2.26. The van der Waals surface area contributed by atoms with Crippen molar-refractivity contribution in [2.45, 2.75) is 13.5 Å². The first-order valence-electron chi connectivity index (χ1n) is 10.4. The Morgan fingerprint density at radius 1 is 1.09 bits per heavy atom. The summed E-state index contributed by atoms with van der Waals surface area (Å²) in [5.74, 6) is 1.12. The second-order valence-electron chi connectivity index (χ2n) is 7.12. The molecule has 1 aromatic carbocycles. The first kappa shape index (κ1) is 21.9. The highest BCUT2D eigenvalue weighted by molar-refractivity contribution is 5.96. The molecule has 0 fully saturated rings. The molecule has 0 unspecified atom stereocenters. The highest BCUT2D eigenvalue weighted by atomic mass is 16.3. The van der Waals surface area contributed by atoms with Crippen LogP contribution in [0.1, 0.15) is 17.3 Å². The van der Waals surface area contributed by atoms with Crippen molar-refractivity contribution in [2.24, 2.45) is 0 Å². The average molecular weight is 445 g/mol. The van der Waals surface area contributed by atoms with Crippen LogP contribution in [0.5, 0.6) is 0 Å². The molecule has 168 valence electrons. The molecule has 10 nitrogen and oxygen atoms in total. The summed E-state index contributed by atoms with van der Waals surface area (Å²) in [6.07, 6.45) is 6.47. The lowest BCUT2D eigenvalue weighted by atomic mass is 10.1. The summed E-state index contributed by atoms with van der Waals surface area (Å²) in [4.78, 5) is 38.0. The van der Waals surface area contributed by atoms with E-state index in [-0.39, 0.29) is 24.6 Å². The van der Waals surface area contributed by atoms with Gasteiger partial charge in [0.15, 0.2) is 0 Å². The van der Waals surface area contributed by atoms with Gasteiger partial charge >= 0.3 is 0 Å². The van der Waals surface area contributed by atoms with E-state index in [1.165, 1.54) is 0 Å². The number of aliphatic hydroxyl groups excluding tert-OH is 1. The minimum absolute atomic E-state index is 0.127. The van der Waals surface area contributed by atoms with E-state index in [9.17, 15) is 9.59 Å². The number of amides is 1. The largest absolute Gasteiger partial charge is 0.395 e. The maximum Gasteiger partial charge on any atom is 0.262 e. The molecule has 0 atom stereocenters. The second-order valence-corrected chi connectivity index (χ2v) is 7.12. The topological polar surface area (TPSA) is 134 Å². The average Bonchev–Trinajstić information content (AvgIpc) is 2.83. The number of nitrogens with one attached hydrogen (secondary N) is 3. The van der Waals surface area contributed by atoms with E-state index in [1.54, 1.807) is 59.7 Å². The van der Waals surface area contributed by atoms with Crippen molar-refractivity contribution in [3.05, 3.63) is 77.1 Å². The van der Waals surface area contributed by atoms with E-state index >= 15 is 0 Å². The summed E-state index contributed by atoms with van der Waals surface area (Å²) in [6, 6.07) is 10.4. The molecule has 0 bridgehead atoms. The summed E-state index contributed by atoms with van der Waals surface area (Å²) < 4.78 is 1.61. The van der Waals surface area contributed by atoms with Crippen molar-refractivity contribution in [3.8, 4) is 0 Å². The molecule has 4 aromatic rings. The van der Waals surface area contributed by atoms with Gasteiger partial charge < -0.3 is 25.6 Å². The van der Waals surface area contributed by atoms with Crippen LogP contribution >= 0.6 is 0 Å². The zero-order chi connectivity index (χ0) is 23.2. The molecule has 0 aliphatic rings. The van der Waals surface area contributed by atoms with Gasteiger partial charge in [-0.25, -0.2) is 9.97 Å². The molecular formula is C23H23N7O3. The number of fused-ring (bicyclic) bond motifs is 1. The smallest absolute Gasteiger partial charge is 0.262 e. The molecule has 0 radical (unpaired) electrons. The Morgan fingerprint density at radius 3 is 2.61 bits per heavy atom. The van der Waals surface area contributed by atoms with Gasteiger partial charge in [-0.05, 0) is 48.7 Å². The van der Waals surface area contributed by atoms with Gasteiger partial charge in [0.05, 0.1) is 18.2 Å². The fraction of sp³-hybridized carbons (Fsp3) is 0.174. The van der Waals surface area contributed by atoms with Crippen LogP contribution in [0.15, 0.2) is 66.0 Å². The number of rotatable bonds is 8. The number of aliphatic hydroxyl groups is 1. The minimum atomic E-state index is -0.278. The van der Waals surface area contributed by atoms with Crippen LogP contribution in [0.3, 0.4) is 0 Å². The zero-order valence-electron chi connectivity index (χ0n) is 17.9. The van der Waals surface area contributed by atoms with Gasteiger partial charge in [-0.3, -0.25) is 14.6 Å². The highest BCUT2D eigenvalue weighted by Gasteiger charge is 2.13. The Bertz CT molecular complexity index is 1320. The molecule has 3 heterocycles. The number of carbonyl (C=O) groups is 1. The third-order valence-corrected chi connectivity index (χ3v) is 4.93. The number of aromatic nitrogens is 4. The Labute approximate surface area is 189 Å². The van der Waals surface area contributed by atoms with E-state index < -0.39 is 0 Å². The number of nitrogens with zero attached hydrogens (tertiary/aromatic N) is 4. The molecule has 4 N–H and O–H groups in total. The lowest BCUT2D eigenvalue weighted by molar-refractivity contribution is 0.0945. The van der Waals surface area contributed by atoms with Crippen molar-refractivity contribution in [1.29, 1.82) is 0 Å². The summed E-state index contributed by atoms with van der Waals surface area (Å²) in [7, 11) is 0.